The second kappa shape index (κ2) is 12.5. The molecule has 0 amide bonds. The van der Waals surface area contributed by atoms with Gasteiger partial charge in [0.25, 0.3) is 0 Å². The Bertz CT molecular complexity index is 930. The van der Waals surface area contributed by atoms with E-state index in [-0.39, 0.29) is 29.7 Å². The summed E-state index contributed by atoms with van der Waals surface area (Å²) in [5.74, 6) is 0.661. The molecule has 0 radical (unpaired) electrons. The molecule has 0 aliphatic carbocycles. The van der Waals surface area contributed by atoms with Crippen LogP contribution < -0.4 is 5.32 Å². The Labute approximate surface area is 207 Å². The molecular formula is C21H33IN6O3S. The number of benzene rings is 1. The molecule has 9 nitrogen and oxygen atoms in total. The molecule has 1 fully saturated rings. The summed E-state index contributed by atoms with van der Waals surface area (Å²) in [4.78, 5) is 8.74. The van der Waals surface area contributed by atoms with Crippen LogP contribution in [0.1, 0.15) is 11.3 Å². The molecule has 0 saturated carbocycles. The lowest BCUT2D eigenvalue weighted by atomic mass is 10.1. The topological polar surface area (TPSA) is 94.3 Å². The predicted octanol–water partition coefficient (Wildman–Crippen LogP) is 1.49. The Kier molecular flexibility index (Phi) is 10.4. The van der Waals surface area contributed by atoms with Crippen LogP contribution in [0.2, 0.25) is 0 Å². The minimum absolute atomic E-state index is 0. The van der Waals surface area contributed by atoms with Crippen LogP contribution in [0, 0.1) is 0 Å². The third-order valence-electron chi connectivity index (χ3n) is 5.51. The molecular weight excluding hydrogens is 543 g/mol. The number of likely N-dealkylation sites (N-methyl/N-ethyl adjacent to an activating group) is 1. The maximum atomic E-state index is 12.6. The highest BCUT2D eigenvalue weighted by Gasteiger charge is 2.29. The molecule has 0 spiro atoms. The molecule has 2 heterocycles. The maximum Gasteiger partial charge on any atom is 0.220 e. The highest BCUT2D eigenvalue weighted by atomic mass is 127. The van der Waals surface area contributed by atoms with Crippen LogP contribution in [-0.2, 0) is 22.2 Å². The summed E-state index contributed by atoms with van der Waals surface area (Å²) in [5.41, 5.74) is 1.72. The molecule has 1 N–H and O–H groups in total. The van der Waals surface area contributed by atoms with Gasteiger partial charge in [0.05, 0.1) is 5.69 Å². The third kappa shape index (κ3) is 7.42. The van der Waals surface area contributed by atoms with Gasteiger partial charge in [-0.3, -0.25) is 4.99 Å². The first kappa shape index (κ1) is 26.6. The van der Waals surface area contributed by atoms with Gasteiger partial charge < -0.3 is 19.6 Å². The lowest BCUT2D eigenvalue weighted by Crippen LogP contribution is -2.55. The smallest absolute Gasteiger partial charge is 0.220 e. The van der Waals surface area contributed by atoms with Crippen molar-refractivity contribution in [3.8, 4) is 0 Å². The van der Waals surface area contributed by atoms with Gasteiger partial charge >= 0.3 is 0 Å². The molecule has 1 unspecified atom stereocenters. The van der Waals surface area contributed by atoms with Crippen molar-refractivity contribution in [1.29, 1.82) is 0 Å². The van der Waals surface area contributed by atoms with E-state index in [1.54, 1.807) is 13.1 Å². The predicted molar refractivity (Wildman–Crippen MR) is 137 cm³/mol. The lowest BCUT2D eigenvalue weighted by Gasteiger charge is -2.36. The number of halogens is 1. The number of hydrogen-bond donors (Lipinski definition) is 1. The van der Waals surface area contributed by atoms with Gasteiger partial charge in [0, 0.05) is 51.9 Å². The fourth-order valence-corrected chi connectivity index (χ4v) is 5.06. The first-order chi connectivity index (χ1) is 14.9. The van der Waals surface area contributed by atoms with Crippen molar-refractivity contribution >= 4 is 40.0 Å². The minimum atomic E-state index is -3.42. The number of sulfonamides is 1. The Morgan fingerprint density at radius 2 is 1.88 bits per heavy atom. The van der Waals surface area contributed by atoms with Crippen LogP contribution in [0.3, 0.4) is 0 Å². The number of nitrogens with one attached hydrogen (secondary N) is 1. The first-order valence-corrected chi connectivity index (χ1v) is 12.0. The van der Waals surface area contributed by atoms with Crippen LogP contribution in [0.4, 0.5) is 0 Å². The van der Waals surface area contributed by atoms with E-state index in [0.717, 1.165) is 18.9 Å². The molecule has 2 aromatic rings. The summed E-state index contributed by atoms with van der Waals surface area (Å²) in [6, 6.07) is 12.3. The molecule has 178 valence electrons. The molecule has 32 heavy (non-hydrogen) atoms. The summed E-state index contributed by atoms with van der Waals surface area (Å²) < 4.78 is 31.5. The van der Waals surface area contributed by atoms with Gasteiger partial charge in [-0.05, 0) is 26.1 Å². The molecule has 1 aliphatic heterocycles. The molecule has 1 saturated heterocycles. The molecule has 0 bridgehead atoms. The van der Waals surface area contributed by atoms with E-state index in [0.29, 0.717) is 37.9 Å². The Morgan fingerprint density at radius 3 is 2.44 bits per heavy atom. The summed E-state index contributed by atoms with van der Waals surface area (Å²) >= 11 is 0. The van der Waals surface area contributed by atoms with Gasteiger partial charge in [0.15, 0.2) is 5.96 Å². The molecule has 1 aliphatic rings. The van der Waals surface area contributed by atoms with E-state index in [1.165, 1.54) is 16.1 Å². The van der Waals surface area contributed by atoms with E-state index < -0.39 is 10.0 Å². The summed E-state index contributed by atoms with van der Waals surface area (Å²) in [5, 5.41) is 7.19. The fraction of sp³-hybridized carbons (Fsp3) is 0.524. The van der Waals surface area contributed by atoms with E-state index in [9.17, 15) is 8.42 Å². The van der Waals surface area contributed by atoms with Crippen molar-refractivity contribution in [2.75, 3.05) is 53.9 Å². The quantitative estimate of drug-likeness (QED) is 0.289. The Balaban J connectivity index is 0.00000363. The molecule has 11 heteroatoms. The molecule has 1 aromatic carbocycles. The SMILES string of the molecule is CN=C(NCC(Cc1ccccc1)N(C)C)N1CCN(S(=O)(=O)Cc2ccon2)CC1.I. The zero-order chi connectivity index (χ0) is 22.3. The lowest BCUT2D eigenvalue weighted by molar-refractivity contribution is 0.253. The van der Waals surface area contributed by atoms with Crippen LogP contribution in [0.15, 0.2) is 52.2 Å². The molecule has 1 atom stereocenters. The maximum absolute atomic E-state index is 12.6. The van der Waals surface area contributed by atoms with Crippen LogP contribution in [0.25, 0.3) is 0 Å². The molecule has 1 aromatic heterocycles. The summed E-state index contributed by atoms with van der Waals surface area (Å²) in [6.07, 6.45) is 2.32. The number of aliphatic imine (C=N–C) groups is 1. The number of piperazine rings is 1. The average molecular weight is 577 g/mol. The van der Waals surface area contributed by atoms with E-state index >= 15 is 0 Å². The normalized spacial score (nSPS) is 16.6. The first-order valence-electron chi connectivity index (χ1n) is 10.4. The Morgan fingerprint density at radius 1 is 1.19 bits per heavy atom. The monoisotopic (exact) mass is 576 g/mol. The zero-order valence-corrected chi connectivity index (χ0v) is 22.0. The van der Waals surface area contributed by atoms with E-state index in [1.807, 2.05) is 6.07 Å². The number of rotatable bonds is 8. The second-order valence-electron chi connectivity index (χ2n) is 7.87. The summed E-state index contributed by atoms with van der Waals surface area (Å²) in [7, 11) is 2.51. The zero-order valence-electron chi connectivity index (χ0n) is 18.8. The average Bonchev–Trinajstić information content (AvgIpc) is 3.26. The van der Waals surface area contributed by atoms with Crippen molar-refractivity contribution in [2.45, 2.75) is 18.2 Å². The minimum Gasteiger partial charge on any atom is -0.364 e. The van der Waals surface area contributed by atoms with Crippen LogP contribution >= 0.6 is 24.0 Å². The van der Waals surface area contributed by atoms with Crippen molar-refractivity contribution in [3.63, 3.8) is 0 Å². The fourth-order valence-electron chi connectivity index (χ4n) is 3.63. The number of hydrogen-bond acceptors (Lipinski definition) is 6. The highest BCUT2D eigenvalue weighted by Crippen LogP contribution is 2.13. The van der Waals surface area contributed by atoms with Gasteiger partial charge in [-0.2, -0.15) is 4.31 Å². The standard InChI is InChI=1S/C21H32N6O3S.HI/c1-22-21(23-16-20(25(2)3)15-18-7-5-4-6-8-18)26-10-12-27(13-11-26)31(28,29)17-19-9-14-30-24-19;/h4-9,14,20H,10-13,15-17H2,1-3H3,(H,22,23);1H. The van der Waals surface area contributed by atoms with Gasteiger partial charge in [-0.15, -0.1) is 24.0 Å². The van der Waals surface area contributed by atoms with Crippen molar-refractivity contribution < 1.29 is 12.9 Å². The Hall–Kier alpha value is -1.70. The second-order valence-corrected chi connectivity index (χ2v) is 9.84. The van der Waals surface area contributed by atoms with E-state index in [4.69, 9.17) is 4.52 Å². The number of guanidine groups is 1. The largest absolute Gasteiger partial charge is 0.364 e. The third-order valence-corrected chi connectivity index (χ3v) is 7.32. The van der Waals surface area contributed by atoms with Crippen molar-refractivity contribution in [3.05, 3.63) is 53.9 Å². The van der Waals surface area contributed by atoms with E-state index in [2.05, 4.69) is 63.6 Å². The number of nitrogens with zero attached hydrogens (tertiary/aromatic N) is 5. The van der Waals surface area contributed by atoms with Gasteiger partial charge in [0.1, 0.15) is 12.0 Å². The molecule has 3 rings (SSSR count). The van der Waals surface area contributed by atoms with Gasteiger partial charge in [0.2, 0.25) is 10.0 Å². The van der Waals surface area contributed by atoms with Gasteiger partial charge in [-0.25, -0.2) is 8.42 Å². The number of aromatic nitrogens is 1. The van der Waals surface area contributed by atoms with Crippen molar-refractivity contribution in [1.82, 2.24) is 24.6 Å². The van der Waals surface area contributed by atoms with Crippen LogP contribution in [-0.4, -0.2) is 93.5 Å². The highest BCUT2D eigenvalue weighted by molar-refractivity contribution is 14.0. The van der Waals surface area contributed by atoms with Crippen LogP contribution in [0.5, 0.6) is 0 Å². The summed E-state index contributed by atoms with van der Waals surface area (Å²) in [6.45, 7) is 2.76. The van der Waals surface area contributed by atoms with Crippen molar-refractivity contribution in [2.24, 2.45) is 4.99 Å². The van der Waals surface area contributed by atoms with Gasteiger partial charge in [-0.1, -0.05) is 35.5 Å².